The van der Waals surface area contributed by atoms with Crippen molar-refractivity contribution in [2.24, 2.45) is 0 Å². The molecule has 0 radical (unpaired) electrons. The number of aliphatic hydroxyl groups excluding tert-OH is 1. The van der Waals surface area contributed by atoms with Gasteiger partial charge in [-0.1, -0.05) is 0 Å². The normalized spacial score (nSPS) is 21.8. The third-order valence-corrected chi connectivity index (χ3v) is 3.22. The summed E-state index contributed by atoms with van der Waals surface area (Å²) in [6.07, 6.45) is 1.95. The van der Waals surface area contributed by atoms with Gasteiger partial charge in [-0.05, 0) is 12.1 Å². The molecule has 108 valence electrons. The molecule has 0 aromatic carbocycles. The lowest BCUT2D eigenvalue weighted by molar-refractivity contribution is -0.131. The number of hydrogen-bond acceptors (Lipinski definition) is 4. The number of nitrogens with one attached hydrogen (secondary N) is 1. The molecule has 0 unspecified atom stereocenters. The van der Waals surface area contributed by atoms with Crippen LogP contribution in [0.25, 0.3) is 0 Å². The van der Waals surface area contributed by atoms with E-state index in [1.54, 1.807) is 18.3 Å². The van der Waals surface area contributed by atoms with Crippen molar-refractivity contribution in [3.8, 4) is 0 Å². The summed E-state index contributed by atoms with van der Waals surface area (Å²) in [5.41, 5.74) is 0.351. The summed E-state index contributed by atoms with van der Waals surface area (Å²) in [5, 5.41) is 11.6. The van der Waals surface area contributed by atoms with Gasteiger partial charge in [-0.2, -0.15) is 0 Å². The molecule has 0 aliphatic carbocycles. The number of aliphatic hydroxyl groups is 1. The van der Waals surface area contributed by atoms with Crippen LogP contribution in [-0.4, -0.2) is 58.7 Å². The number of carbonyl (C=O) groups is 2. The fraction of sp³-hybridized carbons (Fsp3) is 0.462. The lowest BCUT2D eigenvalue weighted by Gasteiger charge is -2.22. The van der Waals surface area contributed by atoms with Crippen molar-refractivity contribution >= 4 is 11.8 Å². The Hall–Kier alpha value is -2.02. The summed E-state index contributed by atoms with van der Waals surface area (Å²) < 4.78 is 13.2. The predicted octanol–water partition coefficient (Wildman–Crippen LogP) is -0.257. The number of carbonyl (C=O) groups excluding carboxylic acids is 2. The molecule has 1 saturated heterocycles. The molecule has 2 N–H and O–H groups in total. The van der Waals surface area contributed by atoms with E-state index in [0.29, 0.717) is 5.56 Å². The summed E-state index contributed by atoms with van der Waals surface area (Å²) in [6.45, 7) is -0.535. The molecule has 1 fully saturated rings. The van der Waals surface area contributed by atoms with Gasteiger partial charge < -0.3 is 15.3 Å². The second kappa shape index (κ2) is 6.42. The van der Waals surface area contributed by atoms with Gasteiger partial charge in [0.25, 0.3) is 5.91 Å². The minimum atomic E-state index is -1.12. The van der Waals surface area contributed by atoms with Crippen LogP contribution in [0, 0.1) is 0 Å². The van der Waals surface area contributed by atoms with Gasteiger partial charge in [0.2, 0.25) is 5.91 Å². The van der Waals surface area contributed by atoms with Crippen LogP contribution >= 0.6 is 0 Å². The highest BCUT2D eigenvalue weighted by Crippen LogP contribution is 2.19. The van der Waals surface area contributed by atoms with Gasteiger partial charge in [-0.25, -0.2) is 4.39 Å². The van der Waals surface area contributed by atoms with Crippen molar-refractivity contribution in [1.82, 2.24) is 15.2 Å². The van der Waals surface area contributed by atoms with E-state index >= 15 is 0 Å². The Bertz CT molecular complexity index is 483. The second-order valence-corrected chi connectivity index (χ2v) is 4.64. The fourth-order valence-electron chi connectivity index (χ4n) is 2.19. The molecule has 2 amide bonds. The number of alkyl halides is 1. The molecule has 1 aliphatic heterocycles. The van der Waals surface area contributed by atoms with Crippen molar-refractivity contribution in [3.05, 3.63) is 30.1 Å². The van der Waals surface area contributed by atoms with Crippen LogP contribution in [0.4, 0.5) is 4.39 Å². The Kier molecular flexibility index (Phi) is 4.62. The van der Waals surface area contributed by atoms with Gasteiger partial charge in [0.1, 0.15) is 6.17 Å². The van der Waals surface area contributed by atoms with Crippen LogP contribution in [0.3, 0.4) is 0 Å². The molecule has 2 heterocycles. The topological polar surface area (TPSA) is 82.5 Å². The monoisotopic (exact) mass is 281 g/mol. The molecule has 0 spiro atoms. The summed E-state index contributed by atoms with van der Waals surface area (Å²) in [4.78, 5) is 28.7. The summed E-state index contributed by atoms with van der Waals surface area (Å²) >= 11 is 0. The quantitative estimate of drug-likeness (QED) is 0.797. The van der Waals surface area contributed by atoms with Crippen LogP contribution < -0.4 is 5.32 Å². The number of rotatable bonds is 4. The number of pyridine rings is 1. The average Bonchev–Trinajstić information content (AvgIpc) is 2.86. The maximum Gasteiger partial charge on any atom is 0.253 e. The fourth-order valence-corrected chi connectivity index (χ4v) is 2.19. The second-order valence-electron chi connectivity index (χ2n) is 4.64. The van der Waals surface area contributed by atoms with Crippen LogP contribution in [0.2, 0.25) is 0 Å². The van der Waals surface area contributed by atoms with E-state index in [-0.39, 0.29) is 26.1 Å². The van der Waals surface area contributed by atoms with Gasteiger partial charge in [-0.3, -0.25) is 14.6 Å². The zero-order valence-electron chi connectivity index (χ0n) is 10.8. The highest BCUT2D eigenvalue weighted by molar-refractivity contribution is 5.96. The first-order valence-electron chi connectivity index (χ1n) is 6.34. The van der Waals surface area contributed by atoms with Crippen LogP contribution in [-0.2, 0) is 4.79 Å². The molecule has 20 heavy (non-hydrogen) atoms. The molecule has 1 aromatic rings. The number of likely N-dealkylation sites (tertiary alicyclic amines) is 1. The minimum Gasteiger partial charge on any atom is -0.394 e. The summed E-state index contributed by atoms with van der Waals surface area (Å²) in [6, 6.07) is 2.69. The molecule has 1 aliphatic rings. The minimum absolute atomic E-state index is 0.0349. The molecular formula is C13H16FN3O3. The highest BCUT2D eigenvalue weighted by Gasteiger charge is 2.34. The number of amides is 2. The third kappa shape index (κ3) is 3.30. The van der Waals surface area contributed by atoms with Crippen LogP contribution in [0.5, 0.6) is 0 Å². The summed E-state index contributed by atoms with van der Waals surface area (Å²) in [7, 11) is 0. The van der Waals surface area contributed by atoms with E-state index in [0.717, 1.165) is 0 Å². The van der Waals surface area contributed by atoms with E-state index in [1.165, 1.54) is 11.1 Å². The molecule has 0 saturated carbocycles. The zero-order chi connectivity index (χ0) is 14.5. The summed E-state index contributed by atoms with van der Waals surface area (Å²) in [5.74, 6) is -0.815. The number of hydrogen-bond donors (Lipinski definition) is 2. The van der Waals surface area contributed by atoms with Crippen molar-refractivity contribution in [1.29, 1.82) is 0 Å². The SMILES string of the molecule is O=C(NCC(=O)N1C[C@@H](F)C[C@H]1CO)c1cccnc1. The maximum absolute atomic E-state index is 13.2. The van der Waals surface area contributed by atoms with Gasteiger partial charge >= 0.3 is 0 Å². The Morgan fingerprint density at radius 1 is 1.55 bits per heavy atom. The van der Waals surface area contributed by atoms with E-state index in [1.807, 2.05) is 0 Å². The molecule has 1 aromatic heterocycles. The van der Waals surface area contributed by atoms with E-state index in [2.05, 4.69) is 10.3 Å². The Labute approximate surface area is 115 Å². The van der Waals surface area contributed by atoms with Crippen LogP contribution in [0.15, 0.2) is 24.5 Å². The maximum atomic E-state index is 13.2. The van der Waals surface area contributed by atoms with Gasteiger partial charge in [0.05, 0.1) is 31.3 Å². The van der Waals surface area contributed by atoms with Crippen molar-refractivity contribution in [2.45, 2.75) is 18.6 Å². The van der Waals surface area contributed by atoms with Gasteiger partial charge in [0.15, 0.2) is 0 Å². The average molecular weight is 281 g/mol. The molecular weight excluding hydrogens is 265 g/mol. The Balaban J connectivity index is 1.88. The number of halogens is 1. The molecule has 7 heteroatoms. The Morgan fingerprint density at radius 2 is 2.35 bits per heavy atom. The standard InChI is InChI=1S/C13H16FN3O3/c14-10-4-11(8-18)17(7-10)12(19)6-16-13(20)9-2-1-3-15-5-9/h1-3,5,10-11,18H,4,6-8H2,(H,16,20)/t10-,11-/m0/s1. The largest absolute Gasteiger partial charge is 0.394 e. The smallest absolute Gasteiger partial charge is 0.253 e. The lowest BCUT2D eigenvalue weighted by atomic mass is 10.2. The Morgan fingerprint density at radius 3 is 3.00 bits per heavy atom. The van der Waals surface area contributed by atoms with Gasteiger partial charge in [-0.15, -0.1) is 0 Å². The lowest BCUT2D eigenvalue weighted by Crippen LogP contribution is -2.44. The van der Waals surface area contributed by atoms with E-state index in [9.17, 15) is 14.0 Å². The van der Waals surface area contributed by atoms with Crippen molar-refractivity contribution in [3.63, 3.8) is 0 Å². The molecule has 2 rings (SSSR count). The first-order chi connectivity index (χ1) is 9.61. The number of nitrogens with zero attached hydrogens (tertiary/aromatic N) is 2. The molecule has 6 nitrogen and oxygen atoms in total. The molecule has 0 bridgehead atoms. The number of aromatic nitrogens is 1. The van der Waals surface area contributed by atoms with Gasteiger partial charge in [0, 0.05) is 18.8 Å². The zero-order valence-corrected chi connectivity index (χ0v) is 10.8. The predicted molar refractivity (Wildman–Crippen MR) is 68.7 cm³/mol. The van der Waals surface area contributed by atoms with E-state index in [4.69, 9.17) is 5.11 Å². The molecule has 2 atom stereocenters. The van der Waals surface area contributed by atoms with Crippen molar-refractivity contribution in [2.75, 3.05) is 19.7 Å². The first-order valence-corrected chi connectivity index (χ1v) is 6.34. The third-order valence-electron chi connectivity index (χ3n) is 3.22. The first kappa shape index (κ1) is 14.4. The van der Waals surface area contributed by atoms with Crippen LogP contribution in [0.1, 0.15) is 16.8 Å². The van der Waals surface area contributed by atoms with E-state index < -0.39 is 24.0 Å². The van der Waals surface area contributed by atoms with Crippen molar-refractivity contribution < 1.29 is 19.1 Å². The highest BCUT2D eigenvalue weighted by atomic mass is 19.1.